The topological polar surface area (TPSA) is 132 Å². The molecule has 5 N–H and O–H groups in total. The van der Waals surface area contributed by atoms with Crippen molar-refractivity contribution in [2.45, 2.75) is 31.9 Å². The number of carbonyl (C=O) groups is 3. The van der Waals surface area contributed by atoms with Crippen LogP contribution in [0.15, 0.2) is 103 Å². The number of carbonyl (C=O) groups excluding carboxylic acids is 3. The van der Waals surface area contributed by atoms with E-state index in [4.69, 9.17) is 4.74 Å². The van der Waals surface area contributed by atoms with E-state index in [2.05, 4.69) is 26.2 Å². The van der Waals surface area contributed by atoms with Crippen LogP contribution in [0.4, 0.5) is 16.2 Å². The lowest BCUT2D eigenvalue weighted by Gasteiger charge is -2.31. The molecule has 1 saturated heterocycles. The van der Waals surface area contributed by atoms with Gasteiger partial charge in [-0.2, -0.15) is 0 Å². The molecule has 10 nitrogen and oxygen atoms in total. The minimum atomic E-state index is -0.468. The normalized spacial score (nSPS) is 13.4. The van der Waals surface area contributed by atoms with E-state index in [9.17, 15) is 19.5 Å². The van der Waals surface area contributed by atoms with E-state index in [1.54, 1.807) is 36.4 Å². The highest BCUT2D eigenvalue weighted by Gasteiger charge is 2.23. The Hall–Kier alpha value is -5.19. The Kier molecular flexibility index (Phi) is 12.0. The SMILES string of the molecule is O=C(CCN1CCC(OC(=O)Nc2ccccc2-c2ccccc2)CC1)Nc1cccc(C(=O)NCCNCc2ccc(O)cc2)c1. The Balaban J connectivity index is 0.977. The third-order valence-electron chi connectivity index (χ3n) is 7.97. The zero-order valence-corrected chi connectivity index (χ0v) is 26.3. The average Bonchev–Trinajstić information content (AvgIpc) is 3.09. The van der Waals surface area contributed by atoms with E-state index in [1.807, 2.05) is 66.7 Å². The molecule has 1 heterocycles. The number of para-hydroxylation sites is 1. The van der Waals surface area contributed by atoms with Gasteiger partial charge in [-0.3, -0.25) is 14.9 Å². The van der Waals surface area contributed by atoms with Gasteiger partial charge in [0.15, 0.2) is 0 Å². The van der Waals surface area contributed by atoms with Crippen LogP contribution in [0.25, 0.3) is 11.1 Å². The number of nitrogens with zero attached hydrogens (tertiary/aromatic N) is 1. The fourth-order valence-electron chi connectivity index (χ4n) is 5.44. The van der Waals surface area contributed by atoms with Crippen molar-refractivity contribution < 1.29 is 24.2 Å². The Morgan fingerprint density at radius 2 is 1.55 bits per heavy atom. The van der Waals surface area contributed by atoms with Crippen LogP contribution in [0.1, 0.15) is 35.2 Å². The Bertz CT molecular complexity index is 1620. The molecule has 0 unspecified atom stereocenters. The molecule has 4 aromatic carbocycles. The Morgan fingerprint density at radius 3 is 2.34 bits per heavy atom. The molecule has 0 radical (unpaired) electrons. The van der Waals surface area contributed by atoms with Gasteiger partial charge in [0.2, 0.25) is 5.91 Å². The van der Waals surface area contributed by atoms with Crippen LogP contribution in [-0.4, -0.2) is 66.7 Å². The summed E-state index contributed by atoms with van der Waals surface area (Å²) in [4.78, 5) is 40.2. The molecule has 47 heavy (non-hydrogen) atoms. The smallest absolute Gasteiger partial charge is 0.411 e. The number of aromatic hydroxyl groups is 1. The fourth-order valence-corrected chi connectivity index (χ4v) is 5.44. The van der Waals surface area contributed by atoms with E-state index < -0.39 is 6.09 Å². The van der Waals surface area contributed by atoms with Crippen molar-refractivity contribution >= 4 is 29.3 Å². The van der Waals surface area contributed by atoms with Crippen LogP contribution in [0.5, 0.6) is 5.75 Å². The maximum atomic E-state index is 12.7. The number of benzene rings is 4. The number of rotatable bonds is 13. The van der Waals surface area contributed by atoms with Crippen LogP contribution < -0.4 is 21.3 Å². The van der Waals surface area contributed by atoms with Crippen LogP contribution in [0, 0.1) is 0 Å². The number of piperidine rings is 1. The van der Waals surface area contributed by atoms with Gasteiger partial charge in [-0.1, -0.05) is 66.7 Å². The highest BCUT2D eigenvalue weighted by Crippen LogP contribution is 2.28. The number of hydrogen-bond acceptors (Lipinski definition) is 7. The number of nitrogens with one attached hydrogen (secondary N) is 4. The van der Waals surface area contributed by atoms with Crippen LogP contribution in [0.2, 0.25) is 0 Å². The molecule has 0 spiro atoms. The van der Waals surface area contributed by atoms with Gasteiger partial charge in [-0.25, -0.2) is 4.79 Å². The summed E-state index contributed by atoms with van der Waals surface area (Å²) in [6.07, 6.45) is 1.04. The molecule has 4 aromatic rings. The predicted molar refractivity (Wildman–Crippen MR) is 183 cm³/mol. The van der Waals surface area contributed by atoms with Crippen LogP contribution in [-0.2, 0) is 16.1 Å². The molecule has 244 valence electrons. The first-order valence-corrected chi connectivity index (χ1v) is 15.9. The van der Waals surface area contributed by atoms with Gasteiger partial charge in [0.25, 0.3) is 5.91 Å². The minimum Gasteiger partial charge on any atom is -0.508 e. The van der Waals surface area contributed by atoms with Gasteiger partial charge in [0, 0.05) is 62.5 Å². The highest BCUT2D eigenvalue weighted by molar-refractivity contribution is 5.97. The highest BCUT2D eigenvalue weighted by atomic mass is 16.6. The van der Waals surface area contributed by atoms with E-state index in [1.165, 1.54) is 0 Å². The quantitative estimate of drug-likeness (QED) is 0.121. The third kappa shape index (κ3) is 10.4. The van der Waals surface area contributed by atoms with Crippen LogP contribution >= 0.6 is 0 Å². The average molecular weight is 636 g/mol. The molecular formula is C37H41N5O5. The van der Waals surface area contributed by atoms with Crippen LogP contribution in [0.3, 0.4) is 0 Å². The molecule has 0 saturated carbocycles. The maximum absolute atomic E-state index is 12.7. The molecule has 0 aliphatic carbocycles. The van der Waals surface area contributed by atoms with Gasteiger partial charge >= 0.3 is 6.09 Å². The lowest BCUT2D eigenvalue weighted by molar-refractivity contribution is -0.116. The second kappa shape index (κ2) is 16.9. The maximum Gasteiger partial charge on any atom is 0.411 e. The standard InChI is InChI=1S/C37H41N5O5/c43-31-15-13-27(14-16-31)26-38-20-21-39-36(45)29-9-6-10-30(25-29)40-35(44)19-24-42-22-17-32(18-23-42)47-37(46)41-34-12-5-4-11-33(34)28-7-2-1-3-8-28/h1-16,25,32,38,43H,17-24,26H2,(H,39,45)(H,40,44)(H,41,46). The van der Waals surface area contributed by atoms with Crippen molar-refractivity contribution in [2.75, 3.05) is 43.4 Å². The molecule has 1 fully saturated rings. The van der Waals surface area contributed by atoms with E-state index >= 15 is 0 Å². The molecule has 1 aliphatic heterocycles. The zero-order valence-electron chi connectivity index (χ0n) is 26.3. The van der Waals surface area contributed by atoms with E-state index in [0.29, 0.717) is 62.4 Å². The number of ether oxygens (including phenoxy) is 1. The summed E-state index contributed by atoms with van der Waals surface area (Å²) in [6.45, 7) is 3.71. The molecule has 0 atom stereocenters. The largest absolute Gasteiger partial charge is 0.508 e. The van der Waals surface area contributed by atoms with Crippen molar-refractivity contribution in [1.82, 2.24) is 15.5 Å². The van der Waals surface area contributed by atoms with Crippen molar-refractivity contribution in [2.24, 2.45) is 0 Å². The van der Waals surface area contributed by atoms with Crippen molar-refractivity contribution in [3.63, 3.8) is 0 Å². The fraction of sp³-hybridized carbons (Fsp3) is 0.270. The number of phenolic OH excluding ortho intramolecular Hbond substituents is 1. The number of phenols is 1. The Labute approximate surface area is 275 Å². The molecular weight excluding hydrogens is 594 g/mol. The van der Waals surface area contributed by atoms with Crippen molar-refractivity contribution in [3.8, 4) is 16.9 Å². The molecule has 1 aliphatic rings. The summed E-state index contributed by atoms with van der Waals surface area (Å²) in [5, 5.41) is 21.3. The molecule has 10 heteroatoms. The molecule has 3 amide bonds. The van der Waals surface area contributed by atoms with Gasteiger partial charge in [-0.05, 0) is 60.4 Å². The molecule has 0 bridgehead atoms. The summed E-state index contributed by atoms with van der Waals surface area (Å²) in [6, 6.07) is 31.4. The summed E-state index contributed by atoms with van der Waals surface area (Å²) in [7, 11) is 0. The second-order valence-corrected chi connectivity index (χ2v) is 11.5. The van der Waals surface area contributed by atoms with Crippen molar-refractivity contribution in [3.05, 3.63) is 114 Å². The number of amides is 3. The number of likely N-dealkylation sites (tertiary alicyclic amines) is 1. The summed E-state index contributed by atoms with van der Waals surface area (Å²) >= 11 is 0. The lowest BCUT2D eigenvalue weighted by atomic mass is 10.0. The van der Waals surface area contributed by atoms with Gasteiger partial charge < -0.3 is 30.7 Å². The first-order chi connectivity index (χ1) is 22.9. The van der Waals surface area contributed by atoms with Gasteiger partial charge in [0.05, 0.1) is 5.69 Å². The van der Waals surface area contributed by atoms with E-state index in [0.717, 1.165) is 29.8 Å². The minimum absolute atomic E-state index is 0.129. The Morgan fingerprint density at radius 1 is 0.809 bits per heavy atom. The zero-order chi connectivity index (χ0) is 32.8. The first kappa shape index (κ1) is 33.2. The second-order valence-electron chi connectivity index (χ2n) is 11.5. The summed E-state index contributed by atoms with van der Waals surface area (Å²) in [5.41, 5.74) is 4.73. The van der Waals surface area contributed by atoms with Gasteiger partial charge in [0.1, 0.15) is 11.9 Å². The molecule has 0 aromatic heterocycles. The van der Waals surface area contributed by atoms with E-state index in [-0.39, 0.29) is 23.7 Å². The lowest BCUT2D eigenvalue weighted by Crippen LogP contribution is -2.39. The predicted octanol–water partition coefficient (Wildman–Crippen LogP) is 5.62. The monoisotopic (exact) mass is 635 g/mol. The van der Waals surface area contributed by atoms with Gasteiger partial charge in [-0.15, -0.1) is 0 Å². The summed E-state index contributed by atoms with van der Waals surface area (Å²) in [5.74, 6) is -0.116. The van der Waals surface area contributed by atoms with Crippen molar-refractivity contribution in [1.29, 1.82) is 0 Å². The molecule has 5 rings (SSSR count). The number of hydrogen-bond donors (Lipinski definition) is 5. The number of anilines is 2. The third-order valence-corrected chi connectivity index (χ3v) is 7.97. The summed E-state index contributed by atoms with van der Waals surface area (Å²) < 4.78 is 5.73. The first-order valence-electron chi connectivity index (χ1n) is 15.9.